The van der Waals surface area contributed by atoms with Gasteiger partial charge < -0.3 is 19.3 Å². The van der Waals surface area contributed by atoms with Crippen LogP contribution in [0.15, 0.2) is 54.9 Å². The molecular weight excluding hydrogens is 450 g/mol. The number of hydrogen-bond acceptors (Lipinski definition) is 7. The van der Waals surface area contributed by atoms with Crippen molar-refractivity contribution in [3.8, 4) is 0 Å². The van der Waals surface area contributed by atoms with E-state index in [0.717, 1.165) is 10.5 Å². The first-order chi connectivity index (χ1) is 16.5. The van der Waals surface area contributed by atoms with E-state index in [1.165, 1.54) is 4.90 Å². The summed E-state index contributed by atoms with van der Waals surface area (Å²) < 4.78 is 10.7. The number of esters is 2. The van der Waals surface area contributed by atoms with Gasteiger partial charge in [-0.05, 0) is 38.0 Å². The Labute approximate surface area is 205 Å². The van der Waals surface area contributed by atoms with E-state index in [9.17, 15) is 19.2 Å². The summed E-state index contributed by atoms with van der Waals surface area (Å²) in [6, 6.07) is 12.1. The number of pyridine rings is 1. The average molecular weight is 482 g/mol. The molecule has 0 unspecified atom stereocenters. The number of rotatable bonds is 8. The highest BCUT2D eigenvalue weighted by atomic mass is 16.6. The molecule has 0 N–H and O–H groups in total. The first-order valence-electron chi connectivity index (χ1n) is 11.4. The van der Waals surface area contributed by atoms with E-state index in [1.54, 1.807) is 52.3 Å². The van der Waals surface area contributed by atoms with Crippen molar-refractivity contribution in [2.45, 2.75) is 45.4 Å². The van der Waals surface area contributed by atoms with Crippen molar-refractivity contribution < 1.29 is 28.7 Å². The zero-order valence-corrected chi connectivity index (χ0v) is 20.5. The SMILES string of the molecule is CN1C(=O)C[C@H](C(=O)N(CC(=O)OCc2ccccc2)CC(=O)OC(C)(C)C)[C@H]1c1cccnc1. The fraction of sp³-hybridized carbons (Fsp3) is 0.423. The molecule has 3 rings (SSSR count). The lowest BCUT2D eigenvalue weighted by atomic mass is 9.93. The van der Waals surface area contributed by atoms with Gasteiger partial charge in [0, 0.05) is 25.9 Å². The monoisotopic (exact) mass is 481 g/mol. The van der Waals surface area contributed by atoms with E-state index in [-0.39, 0.29) is 18.9 Å². The average Bonchev–Trinajstić information content (AvgIpc) is 3.11. The van der Waals surface area contributed by atoms with Crippen LogP contribution in [-0.4, -0.2) is 64.3 Å². The van der Waals surface area contributed by atoms with Crippen molar-refractivity contribution in [2.75, 3.05) is 20.1 Å². The van der Waals surface area contributed by atoms with Gasteiger partial charge in [-0.25, -0.2) is 0 Å². The Morgan fingerprint density at radius 1 is 1.06 bits per heavy atom. The second-order valence-electron chi connectivity index (χ2n) is 9.47. The third-order valence-corrected chi connectivity index (χ3v) is 5.54. The third-order valence-electron chi connectivity index (χ3n) is 5.54. The molecule has 1 aliphatic rings. The molecule has 0 saturated carbocycles. The number of nitrogens with zero attached hydrogens (tertiary/aromatic N) is 3. The van der Waals surface area contributed by atoms with Gasteiger partial charge in [-0.3, -0.25) is 24.2 Å². The lowest BCUT2D eigenvalue weighted by molar-refractivity contribution is -0.162. The van der Waals surface area contributed by atoms with Crippen molar-refractivity contribution in [2.24, 2.45) is 5.92 Å². The Balaban J connectivity index is 1.79. The summed E-state index contributed by atoms with van der Waals surface area (Å²) in [7, 11) is 1.62. The van der Waals surface area contributed by atoms with Gasteiger partial charge in [-0.1, -0.05) is 36.4 Å². The largest absolute Gasteiger partial charge is 0.459 e. The highest BCUT2D eigenvalue weighted by Crippen LogP contribution is 2.37. The molecule has 2 aromatic rings. The van der Waals surface area contributed by atoms with Crippen LogP contribution in [0.25, 0.3) is 0 Å². The number of hydrogen-bond donors (Lipinski definition) is 0. The van der Waals surface area contributed by atoms with E-state index >= 15 is 0 Å². The highest BCUT2D eigenvalue weighted by Gasteiger charge is 2.45. The molecule has 9 nitrogen and oxygen atoms in total. The molecule has 2 atom stereocenters. The zero-order valence-electron chi connectivity index (χ0n) is 20.5. The predicted octanol–water partition coefficient (Wildman–Crippen LogP) is 2.51. The minimum Gasteiger partial charge on any atom is -0.459 e. The van der Waals surface area contributed by atoms with E-state index < -0.39 is 48.5 Å². The van der Waals surface area contributed by atoms with E-state index in [1.807, 2.05) is 30.3 Å². The Morgan fingerprint density at radius 2 is 1.74 bits per heavy atom. The lowest BCUT2D eigenvalue weighted by Crippen LogP contribution is -2.45. The summed E-state index contributed by atoms with van der Waals surface area (Å²) in [6.07, 6.45) is 3.17. The molecule has 1 aromatic heterocycles. The van der Waals surface area contributed by atoms with Crippen molar-refractivity contribution >= 4 is 23.8 Å². The summed E-state index contributed by atoms with van der Waals surface area (Å²) in [4.78, 5) is 58.1. The van der Waals surface area contributed by atoms with Gasteiger partial charge in [0.2, 0.25) is 11.8 Å². The van der Waals surface area contributed by atoms with Crippen LogP contribution in [0.4, 0.5) is 0 Å². The third kappa shape index (κ3) is 7.11. The predicted molar refractivity (Wildman–Crippen MR) is 127 cm³/mol. The van der Waals surface area contributed by atoms with E-state index in [0.29, 0.717) is 5.56 Å². The van der Waals surface area contributed by atoms with Crippen LogP contribution in [0.1, 0.15) is 44.4 Å². The maximum absolute atomic E-state index is 13.6. The van der Waals surface area contributed by atoms with Gasteiger partial charge in [-0.2, -0.15) is 0 Å². The van der Waals surface area contributed by atoms with Crippen LogP contribution in [0.5, 0.6) is 0 Å². The van der Waals surface area contributed by atoms with E-state index in [2.05, 4.69) is 4.98 Å². The maximum Gasteiger partial charge on any atom is 0.326 e. The molecule has 35 heavy (non-hydrogen) atoms. The van der Waals surface area contributed by atoms with E-state index in [4.69, 9.17) is 9.47 Å². The Bertz CT molecular complexity index is 1050. The van der Waals surface area contributed by atoms with Crippen molar-refractivity contribution in [1.82, 2.24) is 14.8 Å². The Morgan fingerprint density at radius 3 is 2.37 bits per heavy atom. The van der Waals surface area contributed by atoms with Gasteiger partial charge in [-0.15, -0.1) is 0 Å². The molecule has 1 fully saturated rings. The Hall–Kier alpha value is -3.75. The van der Waals surface area contributed by atoms with Crippen LogP contribution < -0.4 is 0 Å². The molecule has 0 radical (unpaired) electrons. The number of likely N-dealkylation sites (tertiary alicyclic amines) is 1. The van der Waals surface area contributed by atoms with Crippen LogP contribution >= 0.6 is 0 Å². The second-order valence-corrected chi connectivity index (χ2v) is 9.47. The highest BCUT2D eigenvalue weighted by molar-refractivity contribution is 5.93. The van der Waals surface area contributed by atoms with Crippen LogP contribution in [0, 0.1) is 5.92 Å². The quantitative estimate of drug-likeness (QED) is 0.534. The minimum atomic E-state index is -0.791. The summed E-state index contributed by atoms with van der Waals surface area (Å²) in [5.74, 6) is -2.82. The van der Waals surface area contributed by atoms with Crippen LogP contribution in [0.3, 0.4) is 0 Å². The molecule has 1 aromatic carbocycles. The number of carbonyl (C=O) groups excluding carboxylic acids is 4. The minimum absolute atomic E-state index is 0.0388. The normalized spacial score (nSPS) is 17.7. The molecule has 0 spiro atoms. The Kier molecular flexibility index (Phi) is 8.22. The fourth-order valence-electron chi connectivity index (χ4n) is 4.01. The van der Waals surface area contributed by atoms with Gasteiger partial charge in [0.25, 0.3) is 0 Å². The zero-order chi connectivity index (χ0) is 25.6. The molecule has 2 amide bonds. The van der Waals surface area contributed by atoms with Crippen molar-refractivity contribution in [3.05, 3.63) is 66.0 Å². The standard InChI is InChI=1S/C26H31N3O6/c1-26(2,3)35-23(32)16-29(15-22(31)34-17-18-9-6-5-7-10-18)25(33)20-13-21(30)28(4)24(20)19-11-8-12-27-14-19/h5-12,14,20,24H,13,15-17H2,1-4H3/t20-,24+/m0/s1. The summed E-state index contributed by atoms with van der Waals surface area (Å²) in [6.45, 7) is 4.30. The first kappa shape index (κ1) is 25.9. The van der Waals surface area contributed by atoms with Crippen molar-refractivity contribution in [3.63, 3.8) is 0 Å². The molecule has 0 bridgehead atoms. The topological polar surface area (TPSA) is 106 Å². The fourth-order valence-corrected chi connectivity index (χ4v) is 4.01. The molecule has 1 saturated heterocycles. The summed E-state index contributed by atoms with van der Waals surface area (Å²) >= 11 is 0. The molecular formula is C26H31N3O6. The number of aromatic nitrogens is 1. The van der Waals surface area contributed by atoms with Gasteiger partial charge >= 0.3 is 11.9 Å². The molecule has 9 heteroatoms. The smallest absolute Gasteiger partial charge is 0.326 e. The summed E-state index contributed by atoms with van der Waals surface area (Å²) in [5, 5.41) is 0. The second kappa shape index (κ2) is 11.1. The maximum atomic E-state index is 13.6. The number of carbonyl (C=O) groups is 4. The first-order valence-corrected chi connectivity index (χ1v) is 11.4. The number of ether oxygens (including phenoxy) is 2. The van der Waals surface area contributed by atoms with Crippen molar-refractivity contribution in [1.29, 1.82) is 0 Å². The summed E-state index contributed by atoms with van der Waals surface area (Å²) in [5.41, 5.74) is 0.732. The molecule has 1 aliphatic heterocycles. The van der Waals surface area contributed by atoms with Gasteiger partial charge in [0.1, 0.15) is 25.3 Å². The van der Waals surface area contributed by atoms with Gasteiger partial charge in [0.05, 0.1) is 12.0 Å². The van der Waals surface area contributed by atoms with Crippen LogP contribution in [0.2, 0.25) is 0 Å². The molecule has 186 valence electrons. The molecule has 0 aliphatic carbocycles. The lowest BCUT2D eigenvalue weighted by Gasteiger charge is -2.29. The van der Waals surface area contributed by atoms with Gasteiger partial charge in [0.15, 0.2) is 0 Å². The number of amides is 2. The van der Waals surface area contributed by atoms with Crippen LogP contribution in [-0.2, 0) is 35.3 Å². The molecule has 2 heterocycles. The number of benzene rings is 1.